The minimum Gasteiger partial charge on any atom is -0.0620 e. The highest BCUT2D eigenvalue weighted by Gasteiger charge is 2.22. The van der Waals surface area contributed by atoms with Gasteiger partial charge in [0.2, 0.25) is 0 Å². The van der Waals surface area contributed by atoms with Crippen LogP contribution in [0.3, 0.4) is 0 Å². The largest absolute Gasteiger partial charge is 0.0620 e. The fourth-order valence-electron chi connectivity index (χ4n) is 3.32. The maximum atomic E-state index is 3.60. The minimum atomic E-state index is -0.441. The Kier molecular flexibility index (Phi) is 5.27. The summed E-state index contributed by atoms with van der Waals surface area (Å²) in [6.45, 7) is 16.5. The Labute approximate surface area is 138 Å². The highest BCUT2D eigenvalue weighted by Crippen LogP contribution is 2.31. The lowest BCUT2D eigenvalue weighted by molar-refractivity contribution is 0.243. The molecule has 1 heteroatoms. The molecule has 0 nitrogen and oxygen atoms in total. The van der Waals surface area contributed by atoms with Gasteiger partial charge in [0.05, 0.1) is 0 Å². The van der Waals surface area contributed by atoms with Crippen LogP contribution < -0.4 is 0 Å². The molecule has 0 heterocycles. The van der Waals surface area contributed by atoms with E-state index in [1.54, 1.807) is 10.7 Å². The Morgan fingerprint density at radius 2 is 1.86 bits per heavy atom. The molecule has 1 aliphatic carbocycles. The summed E-state index contributed by atoms with van der Waals surface area (Å²) in [6, 6.07) is 6.78. The van der Waals surface area contributed by atoms with E-state index >= 15 is 0 Å². The van der Waals surface area contributed by atoms with Crippen molar-refractivity contribution in [2.75, 3.05) is 0 Å². The zero-order valence-corrected chi connectivity index (χ0v) is 16.4. The van der Waals surface area contributed by atoms with Crippen molar-refractivity contribution in [2.24, 2.45) is 11.3 Å². The molecule has 1 aliphatic rings. The van der Waals surface area contributed by atoms with Crippen LogP contribution in [0.1, 0.15) is 64.2 Å². The molecule has 0 fully saturated rings. The average molecular weight is 312 g/mol. The first-order chi connectivity index (χ1) is 10.2. The number of benzene rings is 1. The van der Waals surface area contributed by atoms with E-state index in [2.05, 4.69) is 72.0 Å². The average Bonchev–Trinajstić information content (AvgIpc) is 2.74. The van der Waals surface area contributed by atoms with Gasteiger partial charge in [-0.1, -0.05) is 59.0 Å². The Balaban J connectivity index is 2.17. The first-order valence-corrected chi connectivity index (χ1v) is 11.1. The molecule has 0 spiro atoms. The van der Waals surface area contributed by atoms with Crippen molar-refractivity contribution < 1.29 is 0 Å². The summed E-state index contributed by atoms with van der Waals surface area (Å²) in [5.74, 6) is 0.774. The number of allylic oxidation sites excluding steroid dienone is 1. The van der Waals surface area contributed by atoms with Crippen LogP contribution in [0.4, 0.5) is 0 Å². The van der Waals surface area contributed by atoms with Gasteiger partial charge in [-0.15, -0.1) is 0 Å². The normalized spacial score (nSPS) is 15.6. The zero-order valence-electron chi connectivity index (χ0n) is 15.4. The van der Waals surface area contributed by atoms with Crippen LogP contribution in [-0.4, -0.2) is 13.6 Å². The molecule has 0 amide bonds. The highest BCUT2D eigenvalue weighted by molar-refractivity contribution is 6.75. The van der Waals surface area contributed by atoms with Gasteiger partial charge in [0, 0.05) is 8.41 Å². The summed E-state index contributed by atoms with van der Waals surface area (Å²) in [7, 11) is -0.441. The molecule has 0 aliphatic heterocycles. The zero-order chi connectivity index (χ0) is 16.5. The van der Waals surface area contributed by atoms with Crippen molar-refractivity contribution in [1.82, 2.24) is 0 Å². The molecular formula is C21H31Si. The lowest BCUT2D eigenvalue weighted by atomic mass is 9.79. The van der Waals surface area contributed by atoms with Crippen molar-refractivity contribution in [3.8, 4) is 0 Å². The van der Waals surface area contributed by atoms with Gasteiger partial charge in [0.1, 0.15) is 0 Å². The van der Waals surface area contributed by atoms with E-state index in [1.165, 1.54) is 36.0 Å². The summed E-state index contributed by atoms with van der Waals surface area (Å²) in [6.07, 6.45) is 7.41. The Bertz CT molecular complexity index is 607. The summed E-state index contributed by atoms with van der Waals surface area (Å²) < 4.78 is 0. The molecule has 1 unspecified atom stereocenters. The second kappa shape index (κ2) is 6.66. The second-order valence-corrected chi connectivity index (χ2v) is 10.6. The minimum absolute atomic E-state index is 0.421. The van der Waals surface area contributed by atoms with Gasteiger partial charge < -0.3 is 0 Å². The number of rotatable bonds is 4. The van der Waals surface area contributed by atoms with Crippen LogP contribution in [0.2, 0.25) is 13.1 Å². The van der Waals surface area contributed by atoms with E-state index in [-0.39, 0.29) is 0 Å². The van der Waals surface area contributed by atoms with Gasteiger partial charge in [0.15, 0.2) is 0 Å². The Hall–Kier alpha value is -0.953. The molecule has 0 N–H and O–H groups in total. The fraction of sp³-hybridized carbons (Fsp3) is 0.571. The Morgan fingerprint density at radius 1 is 1.18 bits per heavy atom. The van der Waals surface area contributed by atoms with E-state index in [4.69, 9.17) is 0 Å². The molecule has 0 bridgehead atoms. The molecule has 0 saturated heterocycles. The second-order valence-electron chi connectivity index (χ2n) is 8.12. The lowest BCUT2D eigenvalue weighted by Gasteiger charge is -2.27. The summed E-state index contributed by atoms with van der Waals surface area (Å²) >= 11 is 0. The predicted molar refractivity (Wildman–Crippen MR) is 101 cm³/mol. The van der Waals surface area contributed by atoms with Crippen molar-refractivity contribution in [2.45, 2.75) is 67.0 Å². The van der Waals surface area contributed by atoms with Gasteiger partial charge in [-0.2, -0.15) is 0 Å². The third-order valence-electron chi connectivity index (χ3n) is 5.16. The van der Waals surface area contributed by atoms with E-state index in [0.717, 1.165) is 5.92 Å². The van der Waals surface area contributed by atoms with Crippen LogP contribution in [0.5, 0.6) is 0 Å². The third kappa shape index (κ3) is 3.68. The van der Waals surface area contributed by atoms with E-state index < -0.39 is 8.41 Å². The monoisotopic (exact) mass is 311 g/mol. The van der Waals surface area contributed by atoms with Crippen molar-refractivity contribution in [1.29, 1.82) is 0 Å². The van der Waals surface area contributed by atoms with Crippen LogP contribution in [-0.2, 0) is 6.42 Å². The fourth-order valence-corrected chi connectivity index (χ4v) is 4.92. The van der Waals surface area contributed by atoms with Gasteiger partial charge in [0.25, 0.3) is 0 Å². The third-order valence-corrected chi connectivity index (χ3v) is 6.78. The molecule has 22 heavy (non-hydrogen) atoms. The molecule has 0 aromatic heterocycles. The lowest BCUT2D eigenvalue weighted by Crippen LogP contribution is -2.17. The van der Waals surface area contributed by atoms with Gasteiger partial charge in [-0.3, -0.25) is 0 Å². The van der Waals surface area contributed by atoms with E-state index in [1.807, 2.05) is 0 Å². The van der Waals surface area contributed by atoms with Crippen LogP contribution in [0.25, 0.3) is 0 Å². The molecule has 119 valence electrons. The summed E-state index contributed by atoms with van der Waals surface area (Å²) in [4.78, 5) is 0. The van der Waals surface area contributed by atoms with Crippen LogP contribution >= 0.6 is 0 Å². The quantitative estimate of drug-likeness (QED) is 0.629. The number of hydrogen-bond acceptors (Lipinski definition) is 0. The first kappa shape index (κ1) is 17.4. The predicted octanol–water partition coefficient (Wildman–Crippen LogP) is 5.66. The molecule has 2 rings (SSSR count). The molecule has 1 aromatic carbocycles. The van der Waals surface area contributed by atoms with E-state index in [9.17, 15) is 0 Å². The van der Waals surface area contributed by atoms with Crippen molar-refractivity contribution in [3.05, 3.63) is 46.5 Å². The van der Waals surface area contributed by atoms with Gasteiger partial charge >= 0.3 is 0 Å². The molecule has 1 aromatic rings. The van der Waals surface area contributed by atoms with Crippen molar-refractivity contribution >= 4 is 13.6 Å². The smallest absolute Gasteiger partial charge is 0.0140 e. The SMILES string of the molecule is CC1=[C]c2cccc(CCCC(C)C(C)(C)C)c2C1=[Si](C)C. The van der Waals surface area contributed by atoms with Crippen molar-refractivity contribution in [3.63, 3.8) is 0 Å². The maximum Gasteiger partial charge on any atom is 0.0140 e. The number of aryl methyl sites for hydroxylation is 1. The molecule has 1 radical (unpaired) electrons. The summed E-state index contributed by atoms with van der Waals surface area (Å²) in [5.41, 5.74) is 6.21. The first-order valence-electron chi connectivity index (χ1n) is 8.62. The topological polar surface area (TPSA) is 0 Å². The molecule has 0 saturated carbocycles. The van der Waals surface area contributed by atoms with Gasteiger partial charge in [-0.05, 0) is 71.0 Å². The summed E-state index contributed by atoms with van der Waals surface area (Å²) in [5, 5.41) is 1.61. The standard InChI is InChI=1S/C21H31Si/c1-15-14-18-13-9-12-17(19(18)20(15)22(6)7)11-8-10-16(2)21(3,4)5/h9,12-13,16H,8,10-11H2,1-7H3. The van der Waals surface area contributed by atoms with Crippen LogP contribution in [0.15, 0.2) is 23.8 Å². The highest BCUT2D eigenvalue weighted by atomic mass is 28.2. The number of fused-ring (bicyclic) bond motifs is 1. The van der Waals surface area contributed by atoms with E-state index in [0.29, 0.717) is 5.41 Å². The molecule has 1 atom stereocenters. The van der Waals surface area contributed by atoms with Gasteiger partial charge in [-0.25, -0.2) is 0 Å². The molecular weight excluding hydrogens is 280 g/mol. The Morgan fingerprint density at radius 3 is 2.45 bits per heavy atom. The van der Waals surface area contributed by atoms with Crippen LogP contribution in [0, 0.1) is 17.4 Å². The number of hydrogen-bond donors (Lipinski definition) is 0. The maximum absolute atomic E-state index is 3.60.